The number of carbonyl (C=O) groups excluding carboxylic acids is 2. The zero-order chi connectivity index (χ0) is 18.9. The second kappa shape index (κ2) is 7.09. The third kappa shape index (κ3) is 3.45. The molecule has 0 spiro atoms. The molecule has 2 atom stereocenters. The van der Waals surface area contributed by atoms with Crippen LogP contribution in [0.5, 0.6) is 0 Å². The number of aliphatic carboxylic acids is 1. The van der Waals surface area contributed by atoms with Crippen molar-refractivity contribution in [3.8, 4) is 0 Å². The lowest BCUT2D eigenvalue weighted by molar-refractivity contribution is -0.151. The van der Waals surface area contributed by atoms with Crippen molar-refractivity contribution >= 4 is 23.5 Å². The number of nitrogens with zero attached hydrogens (tertiary/aromatic N) is 1. The standard InChI is InChI=1S/C20H26N2O4/c1-13-12-16(13)17(23)21-15-8-6-14(7-9-15)18(24)22(2)20(19(25)26)10-4-3-5-11-20/h6-9,13,16H,3-5,10-12H2,1-2H3,(H,21,23)(H,25,26). The first kappa shape index (κ1) is 18.4. The Labute approximate surface area is 153 Å². The molecule has 2 fully saturated rings. The molecule has 2 N–H and O–H groups in total. The van der Waals surface area contributed by atoms with Crippen molar-refractivity contribution in [3.05, 3.63) is 29.8 Å². The molecule has 0 radical (unpaired) electrons. The number of likely N-dealkylation sites (N-methyl/N-ethyl adjacent to an activating group) is 1. The van der Waals surface area contributed by atoms with Crippen LogP contribution in [-0.4, -0.2) is 40.4 Å². The van der Waals surface area contributed by atoms with Crippen LogP contribution < -0.4 is 5.32 Å². The number of carboxylic acid groups (broad SMARTS) is 1. The van der Waals surface area contributed by atoms with Gasteiger partial charge in [-0.25, -0.2) is 4.79 Å². The van der Waals surface area contributed by atoms with Gasteiger partial charge in [-0.15, -0.1) is 0 Å². The molecule has 3 rings (SSSR count). The largest absolute Gasteiger partial charge is 0.479 e. The molecule has 2 unspecified atom stereocenters. The number of rotatable bonds is 5. The summed E-state index contributed by atoms with van der Waals surface area (Å²) in [6, 6.07) is 6.67. The maximum absolute atomic E-state index is 12.8. The molecule has 2 saturated carbocycles. The Morgan fingerprint density at radius 3 is 2.19 bits per heavy atom. The van der Waals surface area contributed by atoms with Gasteiger partial charge in [-0.3, -0.25) is 9.59 Å². The Kier molecular flexibility index (Phi) is 5.03. The number of nitrogens with one attached hydrogen (secondary N) is 1. The monoisotopic (exact) mass is 358 g/mol. The summed E-state index contributed by atoms with van der Waals surface area (Å²) in [5, 5.41) is 12.6. The van der Waals surface area contributed by atoms with Gasteiger partial charge in [-0.05, 0) is 49.4 Å². The average molecular weight is 358 g/mol. The third-order valence-electron chi connectivity index (χ3n) is 5.87. The van der Waals surface area contributed by atoms with E-state index >= 15 is 0 Å². The van der Waals surface area contributed by atoms with E-state index in [1.807, 2.05) is 6.92 Å². The van der Waals surface area contributed by atoms with Gasteiger partial charge in [0, 0.05) is 24.2 Å². The number of hydrogen-bond acceptors (Lipinski definition) is 3. The second-order valence-corrected chi connectivity index (χ2v) is 7.65. The molecular weight excluding hydrogens is 332 g/mol. The van der Waals surface area contributed by atoms with Crippen LogP contribution in [0.15, 0.2) is 24.3 Å². The van der Waals surface area contributed by atoms with E-state index in [0.29, 0.717) is 30.0 Å². The van der Waals surface area contributed by atoms with Crippen molar-refractivity contribution in [2.24, 2.45) is 11.8 Å². The fraction of sp³-hybridized carbons (Fsp3) is 0.550. The number of carboxylic acids is 1. The van der Waals surface area contributed by atoms with Crippen LogP contribution in [0.1, 0.15) is 55.8 Å². The lowest BCUT2D eigenvalue weighted by Gasteiger charge is -2.41. The van der Waals surface area contributed by atoms with E-state index in [1.165, 1.54) is 4.90 Å². The summed E-state index contributed by atoms with van der Waals surface area (Å²) in [4.78, 5) is 38.1. The molecule has 6 nitrogen and oxygen atoms in total. The number of amides is 2. The molecule has 0 aromatic heterocycles. The summed E-state index contributed by atoms with van der Waals surface area (Å²) in [5.74, 6) is -0.699. The highest BCUT2D eigenvalue weighted by Gasteiger charge is 2.45. The highest BCUT2D eigenvalue weighted by Crippen LogP contribution is 2.38. The van der Waals surface area contributed by atoms with Crippen molar-refractivity contribution in [2.75, 3.05) is 12.4 Å². The van der Waals surface area contributed by atoms with Gasteiger partial charge in [0.15, 0.2) is 0 Å². The summed E-state index contributed by atoms with van der Waals surface area (Å²) in [6.07, 6.45) is 4.52. The summed E-state index contributed by atoms with van der Waals surface area (Å²) in [7, 11) is 1.58. The molecule has 2 aliphatic carbocycles. The fourth-order valence-electron chi connectivity index (χ4n) is 3.84. The first-order valence-electron chi connectivity index (χ1n) is 9.27. The van der Waals surface area contributed by atoms with Crippen LogP contribution in [0.25, 0.3) is 0 Å². The minimum absolute atomic E-state index is 0.0146. The fourth-order valence-corrected chi connectivity index (χ4v) is 3.84. The minimum atomic E-state index is -1.12. The SMILES string of the molecule is CC1CC1C(=O)Nc1ccc(C(=O)N(C)C2(C(=O)O)CCCCC2)cc1. The quantitative estimate of drug-likeness (QED) is 0.846. The molecular formula is C20H26N2O4. The van der Waals surface area contributed by atoms with E-state index in [9.17, 15) is 19.5 Å². The molecule has 1 aromatic carbocycles. The molecule has 1 aromatic rings. The number of benzene rings is 1. The first-order chi connectivity index (χ1) is 12.3. The van der Waals surface area contributed by atoms with Crippen molar-refractivity contribution in [1.82, 2.24) is 4.90 Å². The van der Waals surface area contributed by atoms with E-state index < -0.39 is 11.5 Å². The number of carbonyl (C=O) groups is 3. The van der Waals surface area contributed by atoms with Gasteiger partial charge in [0.1, 0.15) is 5.54 Å². The molecule has 2 aliphatic rings. The van der Waals surface area contributed by atoms with Gasteiger partial charge in [0.2, 0.25) is 5.91 Å². The molecule has 0 aliphatic heterocycles. The zero-order valence-electron chi connectivity index (χ0n) is 15.3. The number of anilines is 1. The minimum Gasteiger partial charge on any atom is -0.479 e. The first-order valence-corrected chi connectivity index (χ1v) is 9.27. The molecule has 0 heterocycles. The van der Waals surface area contributed by atoms with Crippen LogP contribution in [0.4, 0.5) is 5.69 Å². The van der Waals surface area contributed by atoms with E-state index in [-0.39, 0.29) is 17.7 Å². The zero-order valence-corrected chi connectivity index (χ0v) is 15.3. The smallest absolute Gasteiger partial charge is 0.329 e. The second-order valence-electron chi connectivity index (χ2n) is 7.65. The van der Waals surface area contributed by atoms with E-state index in [4.69, 9.17) is 0 Å². The normalized spacial score (nSPS) is 23.8. The van der Waals surface area contributed by atoms with Gasteiger partial charge in [0.25, 0.3) is 5.91 Å². The summed E-state index contributed by atoms with van der Waals surface area (Å²) >= 11 is 0. The van der Waals surface area contributed by atoms with Gasteiger partial charge in [-0.1, -0.05) is 26.2 Å². The predicted molar refractivity (Wildman–Crippen MR) is 97.9 cm³/mol. The van der Waals surface area contributed by atoms with Crippen molar-refractivity contribution < 1.29 is 19.5 Å². The Hall–Kier alpha value is -2.37. The Morgan fingerprint density at radius 2 is 1.69 bits per heavy atom. The molecule has 0 saturated heterocycles. The molecule has 6 heteroatoms. The summed E-state index contributed by atoms with van der Waals surface area (Å²) in [5.41, 5.74) is -0.0416. The highest BCUT2D eigenvalue weighted by atomic mass is 16.4. The highest BCUT2D eigenvalue weighted by molar-refractivity contribution is 5.99. The van der Waals surface area contributed by atoms with Crippen LogP contribution in [0, 0.1) is 11.8 Å². The van der Waals surface area contributed by atoms with Crippen LogP contribution in [0.3, 0.4) is 0 Å². The lowest BCUT2D eigenvalue weighted by Crippen LogP contribution is -2.56. The molecule has 140 valence electrons. The molecule has 26 heavy (non-hydrogen) atoms. The van der Waals surface area contributed by atoms with E-state index in [1.54, 1.807) is 31.3 Å². The van der Waals surface area contributed by atoms with Crippen LogP contribution >= 0.6 is 0 Å². The summed E-state index contributed by atoms with van der Waals surface area (Å²) in [6.45, 7) is 2.05. The van der Waals surface area contributed by atoms with Gasteiger partial charge >= 0.3 is 5.97 Å². The Bertz CT molecular complexity index is 707. The lowest BCUT2D eigenvalue weighted by atomic mass is 9.80. The van der Waals surface area contributed by atoms with Crippen molar-refractivity contribution in [1.29, 1.82) is 0 Å². The van der Waals surface area contributed by atoms with Gasteiger partial charge in [0.05, 0.1) is 0 Å². The van der Waals surface area contributed by atoms with E-state index in [0.717, 1.165) is 25.7 Å². The van der Waals surface area contributed by atoms with Crippen molar-refractivity contribution in [3.63, 3.8) is 0 Å². The average Bonchev–Trinajstić information content (AvgIpc) is 3.38. The predicted octanol–water partition coefficient (Wildman–Crippen LogP) is 3.14. The third-order valence-corrected chi connectivity index (χ3v) is 5.87. The van der Waals surface area contributed by atoms with Crippen LogP contribution in [-0.2, 0) is 9.59 Å². The number of hydrogen-bond donors (Lipinski definition) is 2. The van der Waals surface area contributed by atoms with Gasteiger partial charge in [-0.2, -0.15) is 0 Å². The van der Waals surface area contributed by atoms with E-state index in [2.05, 4.69) is 5.32 Å². The molecule has 2 amide bonds. The Morgan fingerprint density at radius 1 is 1.12 bits per heavy atom. The van der Waals surface area contributed by atoms with Gasteiger partial charge < -0.3 is 15.3 Å². The topological polar surface area (TPSA) is 86.7 Å². The van der Waals surface area contributed by atoms with Crippen molar-refractivity contribution in [2.45, 2.75) is 51.0 Å². The summed E-state index contributed by atoms with van der Waals surface area (Å²) < 4.78 is 0. The molecule has 0 bridgehead atoms. The maximum Gasteiger partial charge on any atom is 0.329 e. The van der Waals surface area contributed by atoms with Crippen LogP contribution in [0.2, 0.25) is 0 Å². The Balaban J connectivity index is 1.70. The maximum atomic E-state index is 12.8.